The zero-order valence-electron chi connectivity index (χ0n) is 8.88. The van der Waals surface area contributed by atoms with E-state index in [-0.39, 0.29) is 5.69 Å². The van der Waals surface area contributed by atoms with E-state index in [1.54, 1.807) is 18.2 Å². The molecule has 1 atom stereocenters. The molecule has 0 unspecified atom stereocenters. The van der Waals surface area contributed by atoms with Crippen LogP contribution in [0.4, 0.5) is 13.2 Å². The summed E-state index contributed by atoms with van der Waals surface area (Å²) in [5.41, 5.74) is 0.211. The Hall–Kier alpha value is -1.69. The normalized spacial score (nSPS) is 13.9. The number of rotatable bonds is 2. The van der Waals surface area contributed by atoms with Gasteiger partial charge in [0.15, 0.2) is 6.10 Å². The van der Waals surface area contributed by atoms with Crippen molar-refractivity contribution in [2.75, 3.05) is 7.11 Å². The molecular formula is C11H10F3NO2. The molecule has 0 fully saturated rings. The van der Waals surface area contributed by atoms with Crippen LogP contribution < -0.4 is 4.74 Å². The predicted molar refractivity (Wildman–Crippen MR) is 55.9 cm³/mol. The Balaban J connectivity index is 2.44. The van der Waals surface area contributed by atoms with Gasteiger partial charge in [-0.05, 0) is 18.2 Å². The van der Waals surface area contributed by atoms with Crippen LogP contribution in [0.3, 0.4) is 0 Å². The summed E-state index contributed by atoms with van der Waals surface area (Å²) < 4.78 is 41.9. The summed E-state index contributed by atoms with van der Waals surface area (Å²) in [7, 11) is 1.47. The molecule has 0 saturated heterocycles. The van der Waals surface area contributed by atoms with Gasteiger partial charge in [-0.25, -0.2) is 0 Å². The molecule has 0 amide bonds. The minimum Gasteiger partial charge on any atom is -0.497 e. The molecule has 1 heterocycles. The second kappa shape index (κ2) is 3.96. The Morgan fingerprint density at radius 3 is 2.59 bits per heavy atom. The number of hydrogen-bond acceptors (Lipinski definition) is 2. The number of aliphatic hydroxyl groups is 1. The smallest absolute Gasteiger partial charge is 0.420 e. The van der Waals surface area contributed by atoms with Crippen molar-refractivity contribution in [1.82, 2.24) is 4.98 Å². The highest BCUT2D eigenvalue weighted by atomic mass is 19.4. The highest BCUT2D eigenvalue weighted by Crippen LogP contribution is 2.33. The number of H-pyrrole nitrogens is 1. The third-order valence-corrected chi connectivity index (χ3v) is 2.46. The number of ether oxygens (including phenoxy) is 1. The van der Waals surface area contributed by atoms with Crippen molar-refractivity contribution in [3.63, 3.8) is 0 Å². The summed E-state index contributed by atoms with van der Waals surface area (Å²) in [6.07, 6.45) is -7.17. The van der Waals surface area contributed by atoms with Crippen molar-refractivity contribution in [2.24, 2.45) is 0 Å². The first kappa shape index (κ1) is 11.8. The molecule has 2 rings (SSSR count). The molecule has 0 aliphatic heterocycles. The van der Waals surface area contributed by atoms with E-state index in [2.05, 4.69) is 4.98 Å². The minimum atomic E-state index is -4.68. The molecular weight excluding hydrogens is 235 g/mol. The second-order valence-corrected chi connectivity index (χ2v) is 3.62. The number of hydrogen-bond donors (Lipinski definition) is 2. The first-order valence-corrected chi connectivity index (χ1v) is 4.83. The van der Waals surface area contributed by atoms with Gasteiger partial charge >= 0.3 is 6.18 Å². The van der Waals surface area contributed by atoms with Gasteiger partial charge in [-0.1, -0.05) is 0 Å². The standard InChI is InChI=1S/C11H10F3NO2/c1-17-7-3-2-6-4-9(15-8(6)5-7)10(16)11(12,13)14/h2-5,10,15-16H,1H3/t10-/m0/s1. The van der Waals surface area contributed by atoms with Crippen LogP contribution in [0, 0.1) is 0 Å². The molecule has 0 bridgehead atoms. The molecule has 0 aliphatic carbocycles. The summed E-state index contributed by atoms with van der Waals surface area (Å²) in [6.45, 7) is 0. The first-order chi connectivity index (χ1) is 7.91. The number of fused-ring (bicyclic) bond motifs is 1. The van der Waals surface area contributed by atoms with E-state index in [1.807, 2.05) is 0 Å². The van der Waals surface area contributed by atoms with Crippen LogP contribution in [0.25, 0.3) is 10.9 Å². The molecule has 1 aromatic carbocycles. The number of aliphatic hydroxyl groups excluding tert-OH is 1. The fourth-order valence-corrected chi connectivity index (χ4v) is 1.58. The molecule has 0 aliphatic rings. The van der Waals surface area contributed by atoms with Gasteiger partial charge in [0.25, 0.3) is 0 Å². The Labute approximate surface area is 94.8 Å². The molecule has 0 spiro atoms. The average molecular weight is 245 g/mol. The molecule has 6 heteroatoms. The van der Waals surface area contributed by atoms with E-state index in [1.165, 1.54) is 13.2 Å². The van der Waals surface area contributed by atoms with Crippen molar-refractivity contribution in [2.45, 2.75) is 12.3 Å². The predicted octanol–water partition coefficient (Wildman–Crippen LogP) is 2.77. The number of halogens is 3. The van der Waals surface area contributed by atoms with Crippen molar-refractivity contribution >= 4 is 10.9 Å². The summed E-state index contributed by atoms with van der Waals surface area (Å²) in [5, 5.41) is 9.68. The molecule has 2 aromatic rings. The SMILES string of the molecule is COc1ccc2cc([C@H](O)C(F)(F)F)[nH]c2c1. The molecule has 1 aromatic heterocycles. The number of nitrogens with one attached hydrogen (secondary N) is 1. The zero-order valence-corrected chi connectivity index (χ0v) is 8.88. The lowest BCUT2D eigenvalue weighted by atomic mass is 10.2. The Morgan fingerprint density at radius 2 is 2.00 bits per heavy atom. The van der Waals surface area contributed by atoms with E-state index >= 15 is 0 Å². The lowest BCUT2D eigenvalue weighted by molar-refractivity contribution is -0.207. The maximum Gasteiger partial charge on any atom is 0.420 e. The van der Waals surface area contributed by atoms with Gasteiger partial charge in [0.1, 0.15) is 5.75 Å². The largest absolute Gasteiger partial charge is 0.497 e. The topological polar surface area (TPSA) is 45.2 Å². The van der Waals surface area contributed by atoms with Crippen LogP contribution in [0.5, 0.6) is 5.75 Å². The highest BCUT2D eigenvalue weighted by molar-refractivity contribution is 5.82. The number of aromatic nitrogens is 1. The van der Waals surface area contributed by atoms with Gasteiger partial charge in [0.05, 0.1) is 12.8 Å². The van der Waals surface area contributed by atoms with Crippen molar-refractivity contribution in [3.8, 4) is 5.75 Å². The number of benzene rings is 1. The number of methoxy groups -OCH3 is 1. The Bertz CT molecular complexity index is 533. The molecule has 17 heavy (non-hydrogen) atoms. The molecule has 0 saturated carbocycles. The first-order valence-electron chi connectivity index (χ1n) is 4.83. The van der Waals surface area contributed by atoms with E-state index in [0.717, 1.165) is 0 Å². The molecule has 2 N–H and O–H groups in total. The fourth-order valence-electron chi connectivity index (χ4n) is 1.58. The van der Waals surface area contributed by atoms with E-state index in [0.29, 0.717) is 16.7 Å². The summed E-state index contributed by atoms with van der Waals surface area (Å²) in [4.78, 5) is 2.53. The Morgan fingerprint density at radius 1 is 1.29 bits per heavy atom. The lowest BCUT2D eigenvalue weighted by Gasteiger charge is -2.12. The Kier molecular flexibility index (Phi) is 2.74. The van der Waals surface area contributed by atoms with Gasteiger partial charge < -0.3 is 14.8 Å². The van der Waals surface area contributed by atoms with Gasteiger partial charge in [-0.2, -0.15) is 13.2 Å². The summed E-state index contributed by atoms with van der Waals surface area (Å²) in [5.74, 6) is 0.535. The fraction of sp³-hybridized carbons (Fsp3) is 0.273. The number of aromatic amines is 1. The van der Waals surface area contributed by atoms with Crippen LogP contribution in [0.1, 0.15) is 11.8 Å². The van der Waals surface area contributed by atoms with Crippen molar-refractivity contribution in [3.05, 3.63) is 30.0 Å². The maximum atomic E-state index is 12.3. The average Bonchev–Trinajstić information content (AvgIpc) is 2.68. The van der Waals surface area contributed by atoms with E-state index in [9.17, 15) is 13.2 Å². The molecule has 3 nitrogen and oxygen atoms in total. The summed E-state index contributed by atoms with van der Waals surface area (Å²) >= 11 is 0. The van der Waals surface area contributed by atoms with Crippen LogP contribution in [-0.2, 0) is 0 Å². The zero-order chi connectivity index (χ0) is 12.6. The van der Waals surface area contributed by atoms with Crippen molar-refractivity contribution < 1.29 is 23.0 Å². The second-order valence-electron chi connectivity index (χ2n) is 3.62. The van der Waals surface area contributed by atoms with Gasteiger partial charge in [-0.15, -0.1) is 0 Å². The maximum absolute atomic E-state index is 12.3. The van der Waals surface area contributed by atoms with Gasteiger partial charge in [-0.3, -0.25) is 0 Å². The van der Waals surface area contributed by atoms with Crippen LogP contribution in [0.2, 0.25) is 0 Å². The van der Waals surface area contributed by atoms with Crippen LogP contribution >= 0.6 is 0 Å². The monoisotopic (exact) mass is 245 g/mol. The van der Waals surface area contributed by atoms with Crippen molar-refractivity contribution in [1.29, 1.82) is 0 Å². The van der Waals surface area contributed by atoms with E-state index in [4.69, 9.17) is 9.84 Å². The number of alkyl halides is 3. The quantitative estimate of drug-likeness (QED) is 0.854. The van der Waals surface area contributed by atoms with E-state index < -0.39 is 12.3 Å². The third-order valence-electron chi connectivity index (χ3n) is 2.46. The van der Waals surface area contributed by atoms with Crippen LogP contribution in [0.15, 0.2) is 24.3 Å². The lowest BCUT2D eigenvalue weighted by Crippen LogP contribution is -2.20. The molecule has 0 radical (unpaired) electrons. The third kappa shape index (κ3) is 2.21. The van der Waals surface area contributed by atoms with Gasteiger partial charge in [0.2, 0.25) is 0 Å². The van der Waals surface area contributed by atoms with Gasteiger partial charge in [0, 0.05) is 17.0 Å². The van der Waals surface area contributed by atoms with Crippen LogP contribution in [-0.4, -0.2) is 23.4 Å². The molecule has 92 valence electrons. The minimum absolute atomic E-state index is 0.277. The summed E-state index contributed by atoms with van der Waals surface area (Å²) in [6, 6.07) is 6.10. The highest BCUT2D eigenvalue weighted by Gasteiger charge is 2.40.